The molecular formula is C27H23NO. The van der Waals surface area contributed by atoms with Gasteiger partial charge in [-0.15, -0.1) is 0 Å². The van der Waals surface area contributed by atoms with Gasteiger partial charge in [-0.1, -0.05) is 62.4 Å². The van der Waals surface area contributed by atoms with E-state index in [1.807, 2.05) is 6.20 Å². The molecule has 5 aromatic rings. The molecule has 0 fully saturated rings. The highest BCUT2D eigenvalue weighted by Gasteiger charge is 2.14. The molecule has 0 spiro atoms. The van der Waals surface area contributed by atoms with Crippen molar-refractivity contribution in [3.8, 4) is 11.3 Å². The Morgan fingerprint density at radius 1 is 0.793 bits per heavy atom. The van der Waals surface area contributed by atoms with Gasteiger partial charge in [-0.3, -0.25) is 4.98 Å². The van der Waals surface area contributed by atoms with E-state index < -0.39 is 0 Å². The van der Waals surface area contributed by atoms with Gasteiger partial charge in [0.25, 0.3) is 0 Å². The van der Waals surface area contributed by atoms with E-state index in [0.29, 0.717) is 5.92 Å². The number of benzene rings is 3. The van der Waals surface area contributed by atoms with Crippen LogP contribution in [0.4, 0.5) is 0 Å². The van der Waals surface area contributed by atoms with Crippen molar-refractivity contribution in [2.75, 3.05) is 0 Å². The lowest BCUT2D eigenvalue weighted by atomic mass is 9.99. The van der Waals surface area contributed by atoms with Crippen molar-refractivity contribution in [1.82, 2.24) is 4.98 Å². The molecule has 2 aromatic heterocycles. The van der Waals surface area contributed by atoms with Crippen molar-refractivity contribution in [3.63, 3.8) is 0 Å². The molecule has 0 amide bonds. The Hall–Kier alpha value is -3.39. The molecule has 0 aliphatic heterocycles. The molecule has 5 rings (SSSR count). The third-order valence-corrected chi connectivity index (χ3v) is 5.52. The predicted octanol–water partition coefficient (Wildman–Crippen LogP) is 7.36. The summed E-state index contributed by atoms with van der Waals surface area (Å²) >= 11 is 0. The van der Waals surface area contributed by atoms with Crippen LogP contribution in [0.15, 0.2) is 89.5 Å². The fraction of sp³-hybridized carbons (Fsp3) is 0.148. The Morgan fingerprint density at radius 3 is 2.48 bits per heavy atom. The maximum atomic E-state index is 6.22. The average Bonchev–Trinajstić information content (AvgIpc) is 3.12. The Bertz CT molecular complexity index is 1300. The molecule has 142 valence electrons. The summed E-state index contributed by atoms with van der Waals surface area (Å²) in [7, 11) is 0. The van der Waals surface area contributed by atoms with Crippen molar-refractivity contribution < 1.29 is 4.42 Å². The summed E-state index contributed by atoms with van der Waals surface area (Å²) in [4.78, 5) is 4.64. The molecular weight excluding hydrogens is 354 g/mol. The number of aromatic nitrogens is 1. The van der Waals surface area contributed by atoms with Gasteiger partial charge in [-0.25, -0.2) is 0 Å². The molecule has 0 radical (unpaired) electrons. The Labute approximate surface area is 170 Å². The standard InChI is InChI=1S/C27H23NO/c1-18(2)22-9-6-10-23-24-17-21(11-12-26(24)29-27(22)23)25-16-20(13-14-28-25)15-19-7-4-3-5-8-19/h3-14,16-18H,15H2,1-2H3. The first-order valence-electron chi connectivity index (χ1n) is 10.1. The highest BCUT2D eigenvalue weighted by atomic mass is 16.3. The van der Waals surface area contributed by atoms with Crippen molar-refractivity contribution in [1.29, 1.82) is 0 Å². The van der Waals surface area contributed by atoms with E-state index in [9.17, 15) is 0 Å². The third kappa shape index (κ3) is 3.31. The quantitative estimate of drug-likeness (QED) is 0.327. The van der Waals surface area contributed by atoms with E-state index in [1.165, 1.54) is 22.1 Å². The summed E-state index contributed by atoms with van der Waals surface area (Å²) in [6, 6.07) is 27.6. The van der Waals surface area contributed by atoms with Gasteiger partial charge in [0.2, 0.25) is 0 Å². The molecule has 0 saturated carbocycles. The minimum atomic E-state index is 0.426. The second-order valence-corrected chi connectivity index (χ2v) is 7.90. The molecule has 0 unspecified atom stereocenters. The molecule has 0 saturated heterocycles. The van der Waals surface area contributed by atoms with Gasteiger partial charge in [0.15, 0.2) is 0 Å². The summed E-state index contributed by atoms with van der Waals surface area (Å²) in [6.07, 6.45) is 2.81. The van der Waals surface area contributed by atoms with E-state index >= 15 is 0 Å². The van der Waals surface area contributed by atoms with Crippen LogP contribution in [0.1, 0.15) is 36.5 Å². The summed E-state index contributed by atoms with van der Waals surface area (Å²) in [5.41, 5.74) is 7.86. The lowest BCUT2D eigenvalue weighted by Gasteiger charge is -2.06. The summed E-state index contributed by atoms with van der Waals surface area (Å²) in [6.45, 7) is 4.41. The third-order valence-electron chi connectivity index (χ3n) is 5.52. The van der Waals surface area contributed by atoms with E-state index in [-0.39, 0.29) is 0 Å². The lowest BCUT2D eigenvalue weighted by Crippen LogP contribution is -1.91. The number of pyridine rings is 1. The molecule has 29 heavy (non-hydrogen) atoms. The molecule has 0 aliphatic carbocycles. The number of para-hydroxylation sites is 1. The fourth-order valence-electron chi connectivity index (χ4n) is 4.01. The van der Waals surface area contributed by atoms with Gasteiger partial charge in [0.1, 0.15) is 11.2 Å². The zero-order chi connectivity index (χ0) is 19.8. The van der Waals surface area contributed by atoms with Gasteiger partial charge in [0, 0.05) is 22.5 Å². The number of nitrogens with zero attached hydrogens (tertiary/aromatic N) is 1. The second kappa shape index (κ2) is 7.21. The maximum Gasteiger partial charge on any atom is 0.138 e. The molecule has 0 aliphatic rings. The van der Waals surface area contributed by atoms with Gasteiger partial charge in [0.05, 0.1) is 5.69 Å². The number of hydrogen-bond donors (Lipinski definition) is 0. The number of hydrogen-bond acceptors (Lipinski definition) is 2. The van der Waals surface area contributed by atoms with Gasteiger partial charge in [-0.05, 0) is 59.4 Å². The van der Waals surface area contributed by atoms with Crippen LogP contribution in [0.2, 0.25) is 0 Å². The van der Waals surface area contributed by atoms with Crippen LogP contribution in [0.25, 0.3) is 33.2 Å². The SMILES string of the molecule is CC(C)c1cccc2c1oc1ccc(-c3cc(Cc4ccccc4)ccn3)cc12. The van der Waals surface area contributed by atoms with Crippen molar-refractivity contribution in [2.24, 2.45) is 0 Å². The van der Waals surface area contributed by atoms with Crippen LogP contribution in [-0.2, 0) is 6.42 Å². The molecule has 0 bridgehead atoms. The van der Waals surface area contributed by atoms with E-state index in [2.05, 4.69) is 97.7 Å². The smallest absolute Gasteiger partial charge is 0.138 e. The molecule has 2 nitrogen and oxygen atoms in total. The van der Waals surface area contributed by atoms with Crippen molar-refractivity contribution in [3.05, 3.63) is 102 Å². The molecule has 0 N–H and O–H groups in total. The monoisotopic (exact) mass is 377 g/mol. The average molecular weight is 377 g/mol. The zero-order valence-electron chi connectivity index (χ0n) is 16.7. The van der Waals surface area contributed by atoms with Gasteiger partial charge < -0.3 is 4.42 Å². The van der Waals surface area contributed by atoms with Crippen molar-refractivity contribution >= 4 is 21.9 Å². The summed E-state index contributed by atoms with van der Waals surface area (Å²) in [5.74, 6) is 0.426. The molecule has 2 heterocycles. The van der Waals surface area contributed by atoms with Crippen LogP contribution < -0.4 is 0 Å². The molecule has 0 atom stereocenters. The van der Waals surface area contributed by atoms with Gasteiger partial charge >= 0.3 is 0 Å². The van der Waals surface area contributed by atoms with Crippen LogP contribution in [-0.4, -0.2) is 4.98 Å². The number of fused-ring (bicyclic) bond motifs is 3. The van der Waals surface area contributed by atoms with Crippen LogP contribution in [0.3, 0.4) is 0 Å². The minimum Gasteiger partial charge on any atom is -0.456 e. The fourth-order valence-corrected chi connectivity index (χ4v) is 4.01. The highest BCUT2D eigenvalue weighted by Crippen LogP contribution is 2.35. The summed E-state index contributed by atoms with van der Waals surface area (Å²) in [5, 5.41) is 2.32. The first-order valence-corrected chi connectivity index (χ1v) is 10.1. The van der Waals surface area contributed by atoms with Crippen LogP contribution in [0.5, 0.6) is 0 Å². The lowest BCUT2D eigenvalue weighted by molar-refractivity contribution is 0.657. The molecule has 3 aromatic carbocycles. The van der Waals surface area contributed by atoms with Crippen LogP contribution in [0, 0.1) is 0 Å². The first-order chi connectivity index (χ1) is 14.2. The maximum absolute atomic E-state index is 6.22. The number of rotatable bonds is 4. The van der Waals surface area contributed by atoms with Gasteiger partial charge in [-0.2, -0.15) is 0 Å². The summed E-state index contributed by atoms with van der Waals surface area (Å²) < 4.78 is 6.22. The normalized spacial score (nSPS) is 11.6. The van der Waals surface area contributed by atoms with E-state index in [0.717, 1.165) is 34.2 Å². The van der Waals surface area contributed by atoms with Crippen LogP contribution >= 0.6 is 0 Å². The Kier molecular flexibility index (Phi) is 4.40. The van der Waals surface area contributed by atoms with E-state index in [1.54, 1.807) is 0 Å². The second-order valence-electron chi connectivity index (χ2n) is 7.90. The Morgan fingerprint density at radius 2 is 1.66 bits per heavy atom. The molecule has 2 heteroatoms. The predicted molar refractivity (Wildman–Crippen MR) is 120 cm³/mol. The largest absolute Gasteiger partial charge is 0.456 e. The number of furan rings is 1. The zero-order valence-corrected chi connectivity index (χ0v) is 16.7. The Balaban J connectivity index is 1.58. The highest BCUT2D eigenvalue weighted by molar-refractivity contribution is 6.07. The van der Waals surface area contributed by atoms with Crippen molar-refractivity contribution in [2.45, 2.75) is 26.2 Å². The minimum absolute atomic E-state index is 0.426. The first kappa shape index (κ1) is 17.7. The topological polar surface area (TPSA) is 26.0 Å². The van der Waals surface area contributed by atoms with E-state index in [4.69, 9.17) is 4.42 Å².